The third kappa shape index (κ3) is 3.71. The molecule has 232 valence electrons. The van der Waals surface area contributed by atoms with E-state index in [2.05, 4.69) is 28.2 Å². The van der Waals surface area contributed by atoms with Crippen LogP contribution in [0.4, 0.5) is 0 Å². The molecule has 44 heavy (non-hydrogen) atoms. The van der Waals surface area contributed by atoms with Crippen molar-refractivity contribution in [3.63, 3.8) is 0 Å². The maximum absolute atomic E-state index is 14.6. The Morgan fingerprint density at radius 3 is 1.77 bits per heavy atom. The number of rotatable bonds is 5. The highest BCUT2D eigenvalue weighted by Gasteiger charge is 2.72. The lowest BCUT2D eigenvalue weighted by atomic mass is 9.63. The van der Waals surface area contributed by atoms with Crippen LogP contribution in [0, 0.1) is 0 Å². The van der Waals surface area contributed by atoms with Gasteiger partial charge in [0.05, 0.1) is 34.1 Å². The van der Waals surface area contributed by atoms with Gasteiger partial charge >= 0.3 is 11.9 Å². The van der Waals surface area contributed by atoms with Gasteiger partial charge in [0, 0.05) is 25.7 Å². The van der Waals surface area contributed by atoms with Gasteiger partial charge in [0.1, 0.15) is 66.2 Å². The maximum atomic E-state index is 14.6. The Kier molecular flexibility index (Phi) is 5.72. The number of fused-ring (bicyclic) bond motifs is 11. The second-order valence-electron chi connectivity index (χ2n) is 15.6. The summed E-state index contributed by atoms with van der Waals surface area (Å²) in [6.07, 6.45) is 5.38. The van der Waals surface area contributed by atoms with Crippen LogP contribution in [0.2, 0.25) is 0 Å². The van der Waals surface area contributed by atoms with E-state index >= 15 is 0 Å². The summed E-state index contributed by atoms with van der Waals surface area (Å²) in [5, 5.41) is 0. The number of epoxide rings is 2. The molecule has 8 heteroatoms. The molecule has 0 saturated carbocycles. The molecule has 0 aromatic heterocycles. The molecule has 6 aliphatic heterocycles. The molecule has 4 bridgehead atoms. The van der Waals surface area contributed by atoms with Crippen molar-refractivity contribution in [1.82, 2.24) is 0 Å². The summed E-state index contributed by atoms with van der Waals surface area (Å²) >= 11 is 0. The zero-order chi connectivity index (χ0) is 30.2. The highest BCUT2D eigenvalue weighted by molar-refractivity contribution is 5.91. The second-order valence-corrected chi connectivity index (χ2v) is 15.6. The van der Waals surface area contributed by atoms with Crippen molar-refractivity contribution in [2.45, 2.75) is 111 Å². The van der Waals surface area contributed by atoms with E-state index < -0.39 is 11.3 Å². The summed E-state index contributed by atoms with van der Waals surface area (Å²) < 4.78 is 26.7. The van der Waals surface area contributed by atoms with Crippen LogP contribution in [0.15, 0.2) is 54.6 Å². The summed E-state index contributed by atoms with van der Waals surface area (Å²) in [6, 6.07) is 19.5. The number of esters is 2. The van der Waals surface area contributed by atoms with E-state index in [1.54, 1.807) is 0 Å². The lowest BCUT2D eigenvalue weighted by Gasteiger charge is -2.46. The third-order valence-electron chi connectivity index (χ3n) is 13.1. The Hall–Kier alpha value is -2.78. The number of morpholine rings is 2. The summed E-state index contributed by atoms with van der Waals surface area (Å²) in [5.41, 5.74) is 1.72. The molecule has 0 N–H and O–H groups in total. The zero-order valence-corrected chi connectivity index (χ0v) is 26.1. The van der Waals surface area contributed by atoms with Crippen molar-refractivity contribution in [2.75, 3.05) is 28.2 Å². The third-order valence-corrected chi connectivity index (χ3v) is 13.1. The van der Waals surface area contributed by atoms with Gasteiger partial charge in [-0.25, -0.2) is 0 Å². The van der Waals surface area contributed by atoms with Gasteiger partial charge in [-0.15, -0.1) is 0 Å². The molecule has 2 aromatic carbocycles. The predicted octanol–water partition coefficient (Wildman–Crippen LogP) is 3.45. The lowest BCUT2D eigenvalue weighted by Crippen LogP contribution is -2.60. The fraction of sp³-hybridized carbons (Fsp3) is 0.611. The van der Waals surface area contributed by atoms with Gasteiger partial charge in [-0.2, -0.15) is 0 Å². The van der Waals surface area contributed by atoms with Crippen molar-refractivity contribution in [2.24, 2.45) is 0 Å². The van der Waals surface area contributed by atoms with Crippen molar-refractivity contribution >= 4 is 11.9 Å². The van der Waals surface area contributed by atoms with E-state index in [1.807, 2.05) is 54.6 Å². The Morgan fingerprint density at radius 1 is 0.705 bits per heavy atom. The Morgan fingerprint density at radius 2 is 1.20 bits per heavy atom. The normalized spacial score (nSPS) is 44.5. The lowest BCUT2D eigenvalue weighted by molar-refractivity contribution is -0.938. The SMILES string of the molecule is C[N+]1(C)[C@@H]2CC(OC(=O)[C@@H]3CC[C@@](C(=O)OC4C[C@@H]5[C@H]6O[C@H]6[C@H](C4)[N+]5(C)C)(c4ccccc4)c4ccccc43)C[C@@H]1[C@H]1O[C@@H]12. The van der Waals surface area contributed by atoms with Crippen molar-refractivity contribution < 1.29 is 37.5 Å². The Bertz CT molecular complexity index is 1490. The smallest absolute Gasteiger partial charge is 0.321 e. The largest absolute Gasteiger partial charge is 0.461 e. The first-order valence-corrected chi connectivity index (χ1v) is 16.6. The molecule has 9 rings (SSSR count). The molecule has 2 aromatic rings. The van der Waals surface area contributed by atoms with Crippen LogP contribution < -0.4 is 0 Å². The molecule has 8 nitrogen and oxygen atoms in total. The number of carbonyl (C=O) groups excluding carboxylic acids is 2. The molecular formula is C36H44N2O6+2. The van der Waals surface area contributed by atoms with Crippen molar-refractivity contribution in [3.8, 4) is 0 Å². The standard InChI is InChI=1S/C36H44N2O6/c1-37(2)26-16-21(17-27(37)31-30(26)43-31)41-34(39)24-14-15-36(20-10-6-5-7-11-20,25-13-9-8-12-23(24)25)35(40)42-22-18-28-32-33(44-32)29(19-22)38(28,3)4/h5-13,21-22,24,26-33H,14-19H2,1-4H3/q+2/t22?,24-,26-,27-,28-,29+,30-,31-,32-,33+,36-/m1/s1. The number of piperidine rings is 2. The van der Waals surface area contributed by atoms with Crippen LogP contribution in [-0.4, -0.2) is 110 Å². The van der Waals surface area contributed by atoms with Crippen LogP contribution in [0.3, 0.4) is 0 Å². The van der Waals surface area contributed by atoms with Gasteiger partial charge in [0.25, 0.3) is 0 Å². The molecular weight excluding hydrogens is 556 g/mol. The average Bonchev–Trinajstić information content (AvgIpc) is 3.91. The molecule has 6 heterocycles. The van der Waals surface area contributed by atoms with E-state index in [0.29, 0.717) is 61.4 Å². The minimum Gasteiger partial charge on any atom is -0.461 e. The van der Waals surface area contributed by atoms with Crippen molar-refractivity contribution in [1.29, 1.82) is 0 Å². The van der Waals surface area contributed by atoms with Crippen LogP contribution >= 0.6 is 0 Å². The van der Waals surface area contributed by atoms with Crippen LogP contribution in [0.25, 0.3) is 0 Å². The van der Waals surface area contributed by atoms with E-state index in [-0.39, 0.29) is 24.1 Å². The summed E-state index contributed by atoms with van der Waals surface area (Å²) in [4.78, 5) is 28.6. The molecule has 1 unspecified atom stereocenters. The van der Waals surface area contributed by atoms with Crippen LogP contribution in [0.1, 0.15) is 61.1 Å². The number of benzene rings is 2. The average molecular weight is 601 g/mol. The van der Waals surface area contributed by atoms with E-state index in [9.17, 15) is 9.59 Å². The van der Waals surface area contributed by atoms with E-state index in [0.717, 1.165) is 51.3 Å². The number of ether oxygens (including phenoxy) is 4. The molecule has 6 saturated heterocycles. The minimum absolute atomic E-state index is 0.0856. The van der Waals surface area contributed by atoms with E-state index in [1.165, 1.54) is 0 Å². The minimum atomic E-state index is -0.973. The first-order valence-electron chi connectivity index (χ1n) is 16.6. The van der Waals surface area contributed by atoms with Gasteiger partial charge in [-0.05, 0) is 29.5 Å². The molecule has 7 aliphatic rings. The van der Waals surface area contributed by atoms with E-state index in [4.69, 9.17) is 18.9 Å². The van der Waals surface area contributed by atoms with Crippen molar-refractivity contribution in [3.05, 3.63) is 71.3 Å². The fourth-order valence-electron chi connectivity index (χ4n) is 10.5. The molecule has 0 spiro atoms. The Labute approximate surface area is 259 Å². The van der Waals surface area contributed by atoms with Crippen LogP contribution in [0.5, 0.6) is 0 Å². The van der Waals surface area contributed by atoms with Gasteiger partial charge in [-0.1, -0.05) is 54.6 Å². The van der Waals surface area contributed by atoms with Gasteiger partial charge in [0.15, 0.2) is 0 Å². The summed E-state index contributed by atoms with van der Waals surface area (Å²) in [7, 11) is 9.16. The topological polar surface area (TPSA) is 77.7 Å². The first kappa shape index (κ1) is 27.5. The van der Waals surface area contributed by atoms with Gasteiger partial charge in [-0.3, -0.25) is 9.59 Å². The van der Waals surface area contributed by atoms with Gasteiger partial charge in [0.2, 0.25) is 0 Å². The first-order chi connectivity index (χ1) is 21.1. The van der Waals surface area contributed by atoms with Gasteiger partial charge < -0.3 is 27.9 Å². The maximum Gasteiger partial charge on any atom is 0.321 e. The number of likely N-dealkylation sites (N-methyl/N-ethyl adjacent to an activating group) is 2. The summed E-state index contributed by atoms with van der Waals surface area (Å²) in [6.45, 7) is 0. The highest BCUT2D eigenvalue weighted by Crippen LogP contribution is 2.54. The fourth-order valence-corrected chi connectivity index (χ4v) is 10.5. The van der Waals surface area contributed by atoms with Crippen LogP contribution in [-0.2, 0) is 34.0 Å². The molecule has 1 aliphatic carbocycles. The zero-order valence-electron chi connectivity index (χ0n) is 26.1. The number of nitrogens with zero attached hydrogens (tertiary/aromatic N) is 2. The molecule has 0 amide bonds. The predicted molar refractivity (Wildman–Crippen MR) is 161 cm³/mol. The molecule has 6 fully saturated rings. The highest BCUT2D eigenvalue weighted by atomic mass is 16.6. The number of quaternary nitrogens is 2. The molecule has 0 radical (unpaired) electrons. The second kappa shape index (κ2) is 9.15. The quantitative estimate of drug-likeness (QED) is 0.297. The number of hydrogen-bond donors (Lipinski definition) is 0. The monoisotopic (exact) mass is 600 g/mol. The number of carbonyl (C=O) groups is 2. The number of hydrogen-bond acceptors (Lipinski definition) is 6. The summed E-state index contributed by atoms with van der Waals surface area (Å²) in [5.74, 6) is -0.768. The molecule has 11 atom stereocenters. The Balaban J connectivity index is 0.998.